The van der Waals surface area contributed by atoms with Crippen molar-refractivity contribution < 1.29 is 9.59 Å². The van der Waals surface area contributed by atoms with Gasteiger partial charge in [0, 0.05) is 31.7 Å². The number of carbonyl (C=O) groups excluding carboxylic acids is 2. The number of nitrogens with one attached hydrogen (secondary N) is 1. The summed E-state index contributed by atoms with van der Waals surface area (Å²) in [6, 6.07) is 3.64. The van der Waals surface area contributed by atoms with E-state index in [2.05, 4.69) is 29.4 Å². The van der Waals surface area contributed by atoms with E-state index >= 15 is 0 Å². The van der Waals surface area contributed by atoms with Crippen LogP contribution >= 0.6 is 0 Å². The van der Waals surface area contributed by atoms with Crippen LogP contribution in [0.1, 0.15) is 55.6 Å². The van der Waals surface area contributed by atoms with Crippen LogP contribution in [-0.4, -0.2) is 50.7 Å². The van der Waals surface area contributed by atoms with Crippen molar-refractivity contribution in [3.63, 3.8) is 0 Å². The lowest BCUT2D eigenvalue weighted by molar-refractivity contribution is -0.130. The third kappa shape index (κ3) is 4.03. The van der Waals surface area contributed by atoms with E-state index in [0.717, 1.165) is 19.4 Å². The van der Waals surface area contributed by atoms with E-state index in [1.54, 1.807) is 12.3 Å². The minimum Gasteiger partial charge on any atom is -0.349 e. The Morgan fingerprint density at radius 1 is 1.38 bits per heavy atom. The Bertz CT molecular complexity index is 798. The quantitative estimate of drug-likeness (QED) is 0.890. The fourth-order valence-electron chi connectivity index (χ4n) is 3.37. The first-order valence-electron chi connectivity index (χ1n) is 9.35. The summed E-state index contributed by atoms with van der Waals surface area (Å²) < 4.78 is 1.48. The summed E-state index contributed by atoms with van der Waals surface area (Å²) in [4.78, 5) is 27.1. The van der Waals surface area contributed by atoms with Gasteiger partial charge in [0.15, 0.2) is 0 Å². The topological polar surface area (TPSA) is 79.6 Å². The van der Waals surface area contributed by atoms with E-state index < -0.39 is 0 Å². The first kappa shape index (κ1) is 18.4. The molecule has 140 valence electrons. The third-order valence-electron chi connectivity index (χ3n) is 4.94. The molecule has 0 spiro atoms. The number of rotatable bonds is 5. The molecule has 2 aromatic heterocycles. The number of amides is 2. The Kier molecular flexibility index (Phi) is 5.54. The normalized spacial score (nSPS) is 18.4. The molecule has 1 unspecified atom stereocenters. The van der Waals surface area contributed by atoms with Gasteiger partial charge in [-0.25, -0.2) is 0 Å². The zero-order valence-corrected chi connectivity index (χ0v) is 15.7. The molecule has 1 fully saturated rings. The lowest BCUT2D eigenvalue weighted by Crippen LogP contribution is -2.36. The largest absolute Gasteiger partial charge is 0.349 e. The number of fused-ring (bicyclic) bond motifs is 1. The molecular formula is C19H27N5O2. The summed E-state index contributed by atoms with van der Waals surface area (Å²) in [5, 5.41) is 11.5. The van der Waals surface area contributed by atoms with Gasteiger partial charge in [-0.1, -0.05) is 13.8 Å². The van der Waals surface area contributed by atoms with Gasteiger partial charge in [-0.2, -0.15) is 14.8 Å². The van der Waals surface area contributed by atoms with Gasteiger partial charge in [-0.3, -0.25) is 9.59 Å². The van der Waals surface area contributed by atoms with Crippen LogP contribution in [0.15, 0.2) is 18.3 Å². The standard InChI is InChI=1S/C19H27N5O2/c1-13(2)8-11-23-12-9-15(6-7-17(23)25)21-19(26)18-14(3)22-24-16(18)5-4-10-20-24/h4-5,10,13,15H,6-9,11-12H2,1-3H3,(H,21,26). The number of nitrogens with zero attached hydrogens (tertiary/aromatic N) is 4. The Hall–Kier alpha value is -2.44. The number of carbonyl (C=O) groups is 2. The predicted octanol–water partition coefficient (Wildman–Crippen LogP) is 2.19. The molecule has 1 aliphatic rings. The number of hydrogen-bond acceptors (Lipinski definition) is 4. The number of likely N-dealkylation sites (tertiary alicyclic amines) is 1. The van der Waals surface area contributed by atoms with E-state index in [-0.39, 0.29) is 17.9 Å². The van der Waals surface area contributed by atoms with E-state index in [0.29, 0.717) is 42.1 Å². The van der Waals surface area contributed by atoms with Gasteiger partial charge < -0.3 is 10.2 Å². The molecule has 0 aromatic carbocycles. The summed E-state index contributed by atoms with van der Waals surface area (Å²) >= 11 is 0. The minimum atomic E-state index is -0.140. The van der Waals surface area contributed by atoms with Crippen LogP contribution in [0.3, 0.4) is 0 Å². The molecule has 26 heavy (non-hydrogen) atoms. The van der Waals surface area contributed by atoms with Crippen LogP contribution in [0.25, 0.3) is 5.52 Å². The van der Waals surface area contributed by atoms with Gasteiger partial charge in [0.05, 0.1) is 11.3 Å². The van der Waals surface area contributed by atoms with Crippen molar-refractivity contribution >= 4 is 17.3 Å². The van der Waals surface area contributed by atoms with Crippen molar-refractivity contribution in [3.8, 4) is 0 Å². The van der Waals surface area contributed by atoms with Crippen LogP contribution < -0.4 is 5.32 Å². The highest BCUT2D eigenvalue weighted by molar-refractivity contribution is 6.02. The zero-order chi connectivity index (χ0) is 18.7. The summed E-state index contributed by atoms with van der Waals surface area (Å²) in [7, 11) is 0. The molecule has 3 rings (SSSR count). The molecule has 0 bridgehead atoms. The highest BCUT2D eigenvalue weighted by atomic mass is 16.2. The van der Waals surface area contributed by atoms with Gasteiger partial charge >= 0.3 is 0 Å². The molecular weight excluding hydrogens is 330 g/mol. The second-order valence-electron chi connectivity index (χ2n) is 7.42. The average molecular weight is 357 g/mol. The maximum Gasteiger partial charge on any atom is 0.255 e. The second kappa shape index (κ2) is 7.85. The summed E-state index contributed by atoms with van der Waals surface area (Å²) in [6.07, 6.45) is 4.60. The van der Waals surface area contributed by atoms with Crippen LogP contribution in [-0.2, 0) is 4.79 Å². The highest BCUT2D eigenvalue weighted by Crippen LogP contribution is 2.17. The predicted molar refractivity (Wildman–Crippen MR) is 98.9 cm³/mol. The Balaban J connectivity index is 1.66. The van der Waals surface area contributed by atoms with Crippen molar-refractivity contribution in [2.75, 3.05) is 13.1 Å². The van der Waals surface area contributed by atoms with E-state index in [1.807, 2.05) is 17.9 Å². The molecule has 1 saturated heterocycles. The monoisotopic (exact) mass is 357 g/mol. The number of hydrogen-bond donors (Lipinski definition) is 1. The van der Waals surface area contributed by atoms with Crippen LogP contribution in [0.2, 0.25) is 0 Å². The van der Waals surface area contributed by atoms with E-state index in [9.17, 15) is 9.59 Å². The Morgan fingerprint density at radius 2 is 2.19 bits per heavy atom. The van der Waals surface area contributed by atoms with Gasteiger partial charge in [0.2, 0.25) is 5.91 Å². The minimum absolute atomic E-state index is 0.00141. The molecule has 7 heteroatoms. The van der Waals surface area contributed by atoms with Crippen LogP contribution in [0, 0.1) is 12.8 Å². The molecule has 7 nitrogen and oxygen atoms in total. The Labute approximate surface area is 153 Å². The SMILES string of the molecule is Cc1nn2ncccc2c1C(=O)NC1CCC(=O)N(CCC(C)C)CC1. The van der Waals surface area contributed by atoms with Gasteiger partial charge in [0.1, 0.15) is 5.52 Å². The maximum absolute atomic E-state index is 12.8. The first-order chi connectivity index (χ1) is 12.5. The molecule has 0 radical (unpaired) electrons. The smallest absolute Gasteiger partial charge is 0.255 e. The van der Waals surface area contributed by atoms with E-state index in [1.165, 1.54) is 4.63 Å². The Morgan fingerprint density at radius 3 is 2.96 bits per heavy atom. The molecule has 1 atom stereocenters. The number of aromatic nitrogens is 3. The van der Waals surface area contributed by atoms with Crippen LogP contribution in [0.5, 0.6) is 0 Å². The summed E-state index contributed by atoms with van der Waals surface area (Å²) in [5.74, 6) is 0.631. The lowest BCUT2D eigenvalue weighted by Gasteiger charge is -2.22. The molecule has 0 aliphatic carbocycles. The van der Waals surface area contributed by atoms with Crippen molar-refractivity contribution in [1.29, 1.82) is 0 Å². The lowest BCUT2D eigenvalue weighted by atomic mass is 10.1. The maximum atomic E-state index is 12.8. The number of aryl methyl sites for hydroxylation is 1. The fraction of sp³-hybridized carbons (Fsp3) is 0.579. The van der Waals surface area contributed by atoms with Gasteiger partial charge in [-0.05, 0) is 44.2 Å². The molecule has 0 saturated carbocycles. The zero-order valence-electron chi connectivity index (χ0n) is 15.7. The highest BCUT2D eigenvalue weighted by Gasteiger charge is 2.25. The average Bonchev–Trinajstić information content (AvgIpc) is 2.84. The van der Waals surface area contributed by atoms with Gasteiger partial charge in [-0.15, -0.1) is 0 Å². The van der Waals surface area contributed by atoms with Crippen molar-refractivity contribution in [2.24, 2.45) is 5.92 Å². The molecule has 1 aliphatic heterocycles. The molecule has 2 amide bonds. The van der Waals surface area contributed by atoms with Crippen molar-refractivity contribution in [3.05, 3.63) is 29.6 Å². The molecule has 3 heterocycles. The van der Waals surface area contributed by atoms with E-state index in [4.69, 9.17) is 0 Å². The molecule has 2 aromatic rings. The van der Waals surface area contributed by atoms with Crippen molar-refractivity contribution in [1.82, 2.24) is 25.0 Å². The van der Waals surface area contributed by atoms with Gasteiger partial charge in [0.25, 0.3) is 5.91 Å². The second-order valence-corrected chi connectivity index (χ2v) is 7.42. The summed E-state index contributed by atoms with van der Waals surface area (Å²) in [6.45, 7) is 7.65. The third-order valence-corrected chi connectivity index (χ3v) is 4.94. The van der Waals surface area contributed by atoms with Crippen molar-refractivity contribution in [2.45, 2.75) is 52.5 Å². The molecule has 1 N–H and O–H groups in total. The first-order valence-corrected chi connectivity index (χ1v) is 9.35. The fourth-order valence-corrected chi connectivity index (χ4v) is 3.37. The summed E-state index contributed by atoms with van der Waals surface area (Å²) in [5.41, 5.74) is 1.92. The van der Waals surface area contributed by atoms with Crippen LogP contribution in [0.4, 0.5) is 0 Å².